The molecule has 0 saturated carbocycles. The average molecular weight is 431 g/mol. The maximum Gasteiger partial charge on any atom is 0.271 e. The number of carbonyl (C=O) groups is 1. The number of hydrogen-bond acceptors (Lipinski definition) is 4. The van der Waals surface area contributed by atoms with Crippen LogP contribution in [0.15, 0.2) is 53.6 Å². The minimum Gasteiger partial charge on any atom is -0.318 e. The molecule has 3 aromatic rings. The van der Waals surface area contributed by atoms with Gasteiger partial charge in [0.1, 0.15) is 0 Å². The van der Waals surface area contributed by atoms with E-state index >= 15 is 0 Å². The number of nitro groups is 1. The molecule has 0 radical (unpaired) electrons. The number of hydrazone groups is 1. The van der Waals surface area contributed by atoms with Gasteiger partial charge >= 0.3 is 0 Å². The fourth-order valence-corrected chi connectivity index (χ4v) is 3.22. The number of aromatic nitrogens is 1. The minimum atomic E-state index is -0.558. The lowest BCUT2D eigenvalue weighted by Crippen LogP contribution is -2.17. The van der Waals surface area contributed by atoms with E-state index in [0.717, 1.165) is 22.6 Å². The van der Waals surface area contributed by atoms with Crippen LogP contribution in [0.4, 0.5) is 5.69 Å². The molecule has 1 N–H and O–H groups in total. The topological polar surface area (TPSA) is 89.5 Å². The van der Waals surface area contributed by atoms with E-state index in [2.05, 4.69) is 10.5 Å². The predicted octanol–water partition coefficient (Wildman–Crippen LogP) is 5.07. The molecule has 1 aromatic heterocycles. The van der Waals surface area contributed by atoms with Crippen molar-refractivity contribution in [2.75, 3.05) is 0 Å². The molecule has 0 spiro atoms. The molecular formula is C20H16Cl2N4O3. The van der Waals surface area contributed by atoms with Gasteiger partial charge in [0, 0.05) is 40.3 Å². The van der Waals surface area contributed by atoms with Gasteiger partial charge in [-0.05, 0) is 44.2 Å². The van der Waals surface area contributed by atoms with Crippen molar-refractivity contribution >= 4 is 41.0 Å². The average Bonchev–Trinajstić information content (AvgIpc) is 2.97. The summed E-state index contributed by atoms with van der Waals surface area (Å²) in [6.45, 7) is 3.85. The van der Waals surface area contributed by atoms with Gasteiger partial charge in [-0.1, -0.05) is 29.3 Å². The molecule has 0 bridgehead atoms. The number of carbonyl (C=O) groups excluding carboxylic acids is 1. The Bertz CT molecular complexity index is 1140. The Morgan fingerprint density at radius 3 is 2.59 bits per heavy atom. The van der Waals surface area contributed by atoms with Gasteiger partial charge in [-0.25, -0.2) is 5.43 Å². The van der Waals surface area contributed by atoms with Crippen molar-refractivity contribution in [3.63, 3.8) is 0 Å². The lowest BCUT2D eigenvalue weighted by Gasteiger charge is -2.10. The van der Waals surface area contributed by atoms with Crippen molar-refractivity contribution in [1.82, 2.24) is 9.99 Å². The minimum absolute atomic E-state index is 0.151. The number of non-ortho nitro benzene ring substituents is 1. The molecule has 29 heavy (non-hydrogen) atoms. The predicted molar refractivity (Wildman–Crippen MR) is 113 cm³/mol. The zero-order valence-corrected chi connectivity index (χ0v) is 17.0. The Kier molecular flexibility index (Phi) is 6.00. The summed E-state index contributed by atoms with van der Waals surface area (Å²) in [6.07, 6.45) is 1.52. The number of halogens is 2. The van der Waals surface area contributed by atoms with Crippen LogP contribution in [0, 0.1) is 24.0 Å². The Morgan fingerprint density at radius 2 is 1.90 bits per heavy atom. The number of nitrogens with one attached hydrogen (secondary N) is 1. The molecule has 0 fully saturated rings. The van der Waals surface area contributed by atoms with Gasteiger partial charge in [-0.3, -0.25) is 14.9 Å². The molecule has 2 aromatic carbocycles. The van der Waals surface area contributed by atoms with Crippen LogP contribution in [0.1, 0.15) is 27.3 Å². The van der Waals surface area contributed by atoms with Crippen molar-refractivity contribution in [3.05, 3.63) is 91.2 Å². The zero-order chi connectivity index (χ0) is 21.1. The molecule has 1 amide bonds. The highest BCUT2D eigenvalue weighted by Crippen LogP contribution is 2.27. The third-order valence-electron chi connectivity index (χ3n) is 4.32. The molecule has 0 unspecified atom stereocenters. The monoisotopic (exact) mass is 430 g/mol. The summed E-state index contributed by atoms with van der Waals surface area (Å²) in [6, 6.07) is 12.7. The third-order valence-corrected chi connectivity index (χ3v) is 5.06. The maximum atomic E-state index is 12.2. The van der Waals surface area contributed by atoms with Crippen LogP contribution in [0.2, 0.25) is 10.0 Å². The summed E-state index contributed by atoms with van der Waals surface area (Å²) < 4.78 is 1.99. The van der Waals surface area contributed by atoms with Crippen molar-refractivity contribution in [3.8, 4) is 5.69 Å². The van der Waals surface area contributed by atoms with E-state index < -0.39 is 10.8 Å². The van der Waals surface area contributed by atoms with Crippen LogP contribution in [0.25, 0.3) is 5.69 Å². The van der Waals surface area contributed by atoms with Gasteiger partial charge in [0.05, 0.1) is 21.2 Å². The van der Waals surface area contributed by atoms with Crippen LogP contribution in [-0.2, 0) is 0 Å². The Hall–Kier alpha value is -3.16. The van der Waals surface area contributed by atoms with Crippen molar-refractivity contribution in [2.45, 2.75) is 13.8 Å². The molecule has 3 rings (SSSR count). The first-order chi connectivity index (χ1) is 13.8. The van der Waals surface area contributed by atoms with Crippen LogP contribution in [-0.4, -0.2) is 21.6 Å². The number of rotatable bonds is 5. The summed E-state index contributed by atoms with van der Waals surface area (Å²) in [5.74, 6) is -0.539. The number of nitro benzene ring substituents is 1. The second kappa shape index (κ2) is 8.46. The number of nitrogens with zero attached hydrogens (tertiary/aromatic N) is 3. The van der Waals surface area contributed by atoms with Crippen LogP contribution in [0.5, 0.6) is 0 Å². The fraction of sp³-hybridized carbons (Fsp3) is 0.100. The van der Waals surface area contributed by atoms with Crippen molar-refractivity contribution in [1.29, 1.82) is 0 Å². The summed E-state index contributed by atoms with van der Waals surface area (Å²) in [5, 5.41) is 15.7. The van der Waals surface area contributed by atoms with E-state index in [1.54, 1.807) is 12.1 Å². The second-order valence-corrected chi connectivity index (χ2v) is 7.08. The van der Waals surface area contributed by atoms with Gasteiger partial charge < -0.3 is 4.57 Å². The molecule has 1 heterocycles. The number of hydrogen-bond donors (Lipinski definition) is 1. The maximum absolute atomic E-state index is 12.2. The normalized spacial score (nSPS) is 11.0. The molecule has 0 atom stereocenters. The van der Waals surface area contributed by atoms with Gasteiger partial charge in [0.15, 0.2) is 0 Å². The first-order valence-corrected chi connectivity index (χ1v) is 9.25. The largest absolute Gasteiger partial charge is 0.318 e. The van der Waals surface area contributed by atoms with Gasteiger partial charge in [-0.2, -0.15) is 5.10 Å². The Labute approximate surface area is 176 Å². The summed E-state index contributed by atoms with van der Waals surface area (Å²) in [5.41, 5.74) is 5.88. The molecule has 7 nitrogen and oxygen atoms in total. The molecule has 0 aliphatic heterocycles. The smallest absolute Gasteiger partial charge is 0.271 e. The van der Waals surface area contributed by atoms with Crippen LogP contribution < -0.4 is 5.43 Å². The van der Waals surface area contributed by atoms with E-state index in [0.29, 0.717) is 10.0 Å². The third kappa shape index (κ3) is 4.47. The van der Waals surface area contributed by atoms with E-state index in [9.17, 15) is 14.9 Å². The van der Waals surface area contributed by atoms with Gasteiger partial charge in [0.25, 0.3) is 11.6 Å². The summed E-state index contributed by atoms with van der Waals surface area (Å²) in [4.78, 5) is 22.4. The standard InChI is InChI=1S/C20H16Cl2N4O3/c1-12-8-15(13(2)25(12)16-6-7-18(21)19(22)10-16)11-23-24-20(27)14-4-3-5-17(9-14)26(28)29/h3-11H,1-2H3,(H,24,27)/b23-11-. The summed E-state index contributed by atoms with van der Waals surface area (Å²) in [7, 11) is 0. The van der Waals surface area contributed by atoms with E-state index in [-0.39, 0.29) is 11.3 Å². The quantitative estimate of drug-likeness (QED) is 0.347. The lowest BCUT2D eigenvalue weighted by molar-refractivity contribution is -0.384. The van der Waals surface area contributed by atoms with Gasteiger partial charge in [-0.15, -0.1) is 0 Å². The van der Waals surface area contributed by atoms with E-state index in [1.807, 2.05) is 30.5 Å². The Balaban J connectivity index is 1.79. The second-order valence-electron chi connectivity index (χ2n) is 6.27. The summed E-state index contributed by atoms with van der Waals surface area (Å²) >= 11 is 12.1. The first-order valence-electron chi connectivity index (χ1n) is 8.50. The molecule has 0 aliphatic carbocycles. The molecule has 9 heteroatoms. The molecule has 0 aliphatic rings. The number of benzene rings is 2. The Morgan fingerprint density at radius 1 is 1.14 bits per heavy atom. The SMILES string of the molecule is Cc1cc(/C=N\NC(=O)c2cccc([N+](=O)[O-])c2)c(C)n1-c1ccc(Cl)c(Cl)c1. The van der Waals surface area contributed by atoms with E-state index in [1.165, 1.54) is 30.5 Å². The van der Waals surface area contributed by atoms with Gasteiger partial charge in [0.2, 0.25) is 0 Å². The highest BCUT2D eigenvalue weighted by Gasteiger charge is 2.12. The highest BCUT2D eigenvalue weighted by atomic mass is 35.5. The number of amides is 1. The van der Waals surface area contributed by atoms with Crippen molar-refractivity contribution in [2.24, 2.45) is 5.10 Å². The first kappa shape index (κ1) is 20.6. The van der Waals surface area contributed by atoms with Crippen LogP contribution >= 0.6 is 23.2 Å². The van der Waals surface area contributed by atoms with Crippen molar-refractivity contribution < 1.29 is 9.72 Å². The highest BCUT2D eigenvalue weighted by molar-refractivity contribution is 6.42. The van der Waals surface area contributed by atoms with E-state index in [4.69, 9.17) is 23.2 Å². The fourth-order valence-electron chi connectivity index (χ4n) is 2.93. The van der Waals surface area contributed by atoms with Crippen LogP contribution in [0.3, 0.4) is 0 Å². The molecule has 148 valence electrons. The number of aryl methyl sites for hydroxylation is 1. The molecular weight excluding hydrogens is 415 g/mol. The molecule has 0 saturated heterocycles. The lowest BCUT2D eigenvalue weighted by atomic mass is 10.2. The zero-order valence-electron chi connectivity index (χ0n) is 15.5.